The molecule has 0 N–H and O–H groups in total. The van der Waals surface area contributed by atoms with Crippen LogP contribution in [0.25, 0.3) is 127 Å². The highest BCUT2D eigenvalue weighted by molar-refractivity contribution is 7.00. The molecule has 6 nitrogen and oxygen atoms in total. The van der Waals surface area contributed by atoms with Crippen LogP contribution in [0.15, 0.2) is 328 Å². The lowest BCUT2D eigenvalue weighted by atomic mass is 9.33. The van der Waals surface area contributed by atoms with E-state index in [4.69, 9.17) is 6.57 Å². The van der Waals surface area contributed by atoms with Gasteiger partial charge >= 0.3 is 0 Å². The molecule has 17 aromatic rings. The second-order valence-corrected chi connectivity index (χ2v) is 33.1. The SMILES string of the molecule is [C-]#[N+]c1ccc(-c2cc(C(C)(C)C)cc(-c3cccc(-c4ccccc4)c3)c2N2c3cc(-n4c5ccccc5c5ccccc54)ccc3B3c4ccc(-n5c6ccccc6c6ccccc65)cc4N(c4c(-c5ccc(C#N)cc5)cc(C(C)(C)C)cc4-c4cccc(-c5ccccc5)c4)c4cc(C(C)(C)C)cc2c43)cc1. The van der Waals surface area contributed by atoms with Crippen molar-refractivity contribution in [1.29, 1.82) is 5.26 Å². The first-order valence-electron chi connectivity index (χ1n) is 38.6. The quantitative estimate of drug-likeness (QED) is 0.101. The summed E-state index contributed by atoms with van der Waals surface area (Å²) in [5.74, 6) is 0. The fourth-order valence-electron chi connectivity index (χ4n) is 17.5. The predicted molar refractivity (Wildman–Crippen MR) is 469 cm³/mol. The summed E-state index contributed by atoms with van der Waals surface area (Å²) in [6.45, 7) is 29.0. The van der Waals surface area contributed by atoms with Crippen LogP contribution in [-0.2, 0) is 16.2 Å². The number of aromatic nitrogens is 2. The average Bonchev–Trinajstić information content (AvgIpc) is 1.22. The van der Waals surface area contributed by atoms with E-state index in [0.29, 0.717) is 11.3 Å². The van der Waals surface area contributed by atoms with Crippen LogP contribution in [0.2, 0.25) is 0 Å². The Labute approximate surface area is 650 Å². The molecule has 0 atom stereocenters. The van der Waals surface area contributed by atoms with Gasteiger partial charge in [0, 0.05) is 77.9 Å². The summed E-state index contributed by atoms with van der Waals surface area (Å²) in [5.41, 5.74) is 33.0. The van der Waals surface area contributed by atoms with Crippen molar-refractivity contribution >= 4 is 107 Å². The van der Waals surface area contributed by atoms with E-state index in [0.717, 1.165) is 151 Å². The first kappa shape index (κ1) is 68.1. The van der Waals surface area contributed by atoms with Crippen molar-refractivity contribution in [3.05, 3.63) is 361 Å². The fourth-order valence-corrected chi connectivity index (χ4v) is 17.5. The van der Waals surface area contributed by atoms with Gasteiger partial charge in [-0.3, -0.25) is 0 Å². The lowest BCUT2D eigenvalue weighted by Gasteiger charge is -2.47. The van der Waals surface area contributed by atoms with Gasteiger partial charge in [-0.25, -0.2) is 4.85 Å². The Kier molecular flexibility index (Phi) is 16.1. The molecule has 530 valence electrons. The average molecular weight is 1430 g/mol. The third-order valence-corrected chi connectivity index (χ3v) is 23.2. The van der Waals surface area contributed by atoms with Crippen molar-refractivity contribution in [3.63, 3.8) is 0 Å². The largest absolute Gasteiger partial charge is 0.310 e. The Morgan fingerprint density at radius 2 is 0.640 bits per heavy atom. The minimum Gasteiger partial charge on any atom is -0.310 e. The van der Waals surface area contributed by atoms with E-state index in [1.807, 2.05) is 24.3 Å². The monoisotopic (exact) mass is 1420 g/mol. The Morgan fingerprint density at radius 1 is 0.306 bits per heavy atom. The number of fused-ring (bicyclic) bond motifs is 10. The molecule has 0 spiro atoms. The van der Waals surface area contributed by atoms with E-state index < -0.39 is 5.41 Å². The minimum atomic E-state index is -0.422. The van der Waals surface area contributed by atoms with E-state index in [1.54, 1.807) is 0 Å². The summed E-state index contributed by atoms with van der Waals surface area (Å²) in [7, 11) is 0. The van der Waals surface area contributed by atoms with E-state index in [9.17, 15) is 5.26 Å². The first-order valence-corrected chi connectivity index (χ1v) is 38.6. The van der Waals surface area contributed by atoms with Gasteiger partial charge in [-0.05, 0) is 203 Å². The predicted octanol–water partition coefficient (Wildman–Crippen LogP) is 26.3. The van der Waals surface area contributed by atoms with Crippen LogP contribution < -0.4 is 26.2 Å². The van der Waals surface area contributed by atoms with Gasteiger partial charge in [0.2, 0.25) is 0 Å². The topological polar surface area (TPSA) is 44.5 Å². The van der Waals surface area contributed by atoms with E-state index in [1.165, 1.54) is 38.1 Å². The van der Waals surface area contributed by atoms with Crippen LogP contribution in [0.3, 0.4) is 0 Å². The zero-order valence-corrected chi connectivity index (χ0v) is 63.9. The number of hydrogen-bond donors (Lipinski definition) is 0. The zero-order chi connectivity index (χ0) is 75.8. The van der Waals surface area contributed by atoms with Crippen molar-refractivity contribution in [2.75, 3.05) is 9.80 Å². The highest BCUT2D eigenvalue weighted by Crippen LogP contribution is 2.56. The maximum atomic E-state index is 10.6. The molecule has 0 aliphatic carbocycles. The van der Waals surface area contributed by atoms with E-state index in [2.05, 4.69) is 395 Å². The van der Waals surface area contributed by atoms with Gasteiger partial charge in [-0.15, -0.1) is 0 Å². The third kappa shape index (κ3) is 11.4. The molecule has 4 heterocycles. The Bertz CT molecular complexity index is 6220. The molecular weight excluding hydrogens is 1340 g/mol. The minimum absolute atomic E-state index is 0.300. The zero-order valence-electron chi connectivity index (χ0n) is 63.9. The molecule has 0 amide bonds. The number of nitriles is 1. The molecule has 0 radical (unpaired) electrons. The molecule has 7 heteroatoms. The smallest absolute Gasteiger partial charge is 0.252 e. The standard InChI is InChI=1S/C104H81BN6/c1-102(2,3)75-57-85(69-45-43-66(65-106)44-46-69)100(87(59-75)73-33-25-31-71(55-73)67-27-13-11-14-28-67)110-95-63-79(108-91-39-21-17-35-81(91)82-36-18-22-40-92(82)108)51-53-89(95)105-90-54-52-80(109-93-41-23-19-37-83(93)84-38-20-24-42-94(84)109)64-96(90)111(98-62-77(104(7,8)9)61-97(110)99(98)105)101-86(70-47-49-78(107-10)50-48-70)58-76(103(4,5)6)60-88(101)74-34-26-32-72(56-74)68-29-15-12-16-30-68/h11-64H,1-9H3. The molecule has 0 unspecified atom stereocenters. The number of anilines is 6. The summed E-state index contributed by atoms with van der Waals surface area (Å²) >= 11 is 0. The lowest BCUT2D eigenvalue weighted by molar-refractivity contribution is 0.590. The molecule has 19 rings (SSSR count). The van der Waals surface area contributed by atoms with Crippen molar-refractivity contribution in [2.24, 2.45) is 0 Å². The molecule has 0 saturated carbocycles. The van der Waals surface area contributed by atoms with Gasteiger partial charge in [0.1, 0.15) is 0 Å². The van der Waals surface area contributed by atoms with Crippen molar-refractivity contribution < 1.29 is 0 Å². The van der Waals surface area contributed by atoms with Crippen LogP contribution in [-0.4, -0.2) is 15.8 Å². The van der Waals surface area contributed by atoms with Crippen molar-refractivity contribution in [1.82, 2.24) is 9.13 Å². The number of nitrogens with zero attached hydrogens (tertiary/aromatic N) is 6. The highest BCUT2D eigenvalue weighted by atomic mass is 15.2. The Morgan fingerprint density at radius 3 is 1.01 bits per heavy atom. The van der Waals surface area contributed by atoms with E-state index >= 15 is 0 Å². The van der Waals surface area contributed by atoms with Crippen LogP contribution in [0.5, 0.6) is 0 Å². The van der Waals surface area contributed by atoms with Crippen LogP contribution in [0.4, 0.5) is 39.8 Å². The molecule has 0 saturated heterocycles. The van der Waals surface area contributed by atoms with E-state index in [-0.39, 0.29) is 17.5 Å². The number of hydrogen-bond acceptors (Lipinski definition) is 3. The second-order valence-electron chi connectivity index (χ2n) is 33.1. The second kappa shape index (κ2) is 26.2. The van der Waals surface area contributed by atoms with Crippen LogP contribution in [0, 0.1) is 17.9 Å². The molecule has 2 aliphatic rings. The van der Waals surface area contributed by atoms with Crippen LogP contribution >= 0.6 is 0 Å². The molecule has 111 heavy (non-hydrogen) atoms. The van der Waals surface area contributed by atoms with Gasteiger partial charge in [0.25, 0.3) is 6.71 Å². The van der Waals surface area contributed by atoms with Crippen molar-refractivity contribution in [3.8, 4) is 84.2 Å². The lowest BCUT2D eigenvalue weighted by Crippen LogP contribution is -2.61. The molecule has 15 aromatic carbocycles. The highest BCUT2D eigenvalue weighted by Gasteiger charge is 2.47. The summed E-state index contributed by atoms with van der Waals surface area (Å²) in [6, 6.07) is 124. The molecule has 2 aliphatic heterocycles. The van der Waals surface area contributed by atoms with Gasteiger partial charge in [-0.1, -0.05) is 281 Å². The molecule has 2 aromatic heterocycles. The van der Waals surface area contributed by atoms with Crippen LogP contribution in [0.1, 0.15) is 84.6 Å². The van der Waals surface area contributed by atoms with Gasteiger partial charge in [0.05, 0.1) is 51.6 Å². The Balaban J connectivity index is 1.01. The molecule has 0 fully saturated rings. The summed E-state index contributed by atoms with van der Waals surface area (Å²) < 4.78 is 4.95. The first-order chi connectivity index (χ1) is 53.9. The molecule has 0 bridgehead atoms. The number of rotatable bonds is 10. The third-order valence-electron chi connectivity index (χ3n) is 23.2. The summed E-state index contributed by atoms with van der Waals surface area (Å²) in [6.07, 6.45) is 0. The maximum absolute atomic E-state index is 10.6. The fraction of sp³-hybridized carbons (Fsp3) is 0.115. The van der Waals surface area contributed by atoms with Gasteiger partial charge < -0.3 is 18.9 Å². The Hall–Kier alpha value is -13.5. The van der Waals surface area contributed by atoms with Gasteiger partial charge in [-0.2, -0.15) is 5.26 Å². The molecular formula is C104H81BN6. The van der Waals surface area contributed by atoms with Gasteiger partial charge in [0.15, 0.2) is 5.69 Å². The summed E-state index contributed by atoms with van der Waals surface area (Å²) in [5, 5.41) is 15.4. The maximum Gasteiger partial charge on any atom is 0.252 e. The van der Waals surface area contributed by atoms with Crippen molar-refractivity contribution in [2.45, 2.75) is 78.6 Å². The summed E-state index contributed by atoms with van der Waals surface area (Å²) in [4.78, 5) is 9.34. The number of para-hydroxylation sites is 4. The normalized spacial score (nSPS) is 12.7. The number of benzene rings is 15.